The van der Waals surface area contributed by atoms with Crippen LogP contribution >= 0.6 is 22.9 Å². The van der Waals surface area contributed by atoms with Crippen LogP contribution in [-0.4, -0.2) is 29.8 Å². The molecule has 1 saturated heterocycles. The van der Waals surface area contributed by atoms with E-state index in [1.54, 1.807) is 11.3 Å². The van der Waals surface area contributed by atoms with Crippen molar-refractivity contribution in [1.29, 1.82) is 0 Å². The number of aliphatic hydroxyl groups is 1. The van der Waals surface area contributed by atoms with E-state index in [0.717, 1.165) is 24.6 Å². The highest BCUT2D eigenvalue weighted by atomic mass is 35.5. The molecule has 0 amide bonds. The van der Waals surface area contributed by atoms with Crippen molar-refractivity contribution < 1.29 is 5.11 Å². The molecule has 1 aliphatic rings. The van der Waals surface area contributed by atoms with Crippen molar-refractivity contribution in [2.45, 2.75) is 13.3 Å². The number of hydrogen-bond acceptors (Lipinski definition) is 4. The average Bonchev–Trinajstić information content (AvgIpc) is 2.64. The first-order valence-corrected chi connectivity index (χ1v) is 6.41. The Morgan fingerprint density at radius 1 is 1.67 bits per heavy atom. The summed E-state index contributed by atoms with van der Waals surface area (Å²) in [6.07, 6.45) is 1.10. The van der Waals surface area contributed by atoms with E-state index in [2.05, 4.69) is 16.8 Å². The molecular formula is C10H15ClN2OS. The topological polar surface area (TPSA) is 36.4 Å². The summed E-state index contributed by atoms with van der Waals surface area (Å²) >= 11 is 7.38. The number of aliphatic hydroxyl groups excluding tert-OH is 1. The van der Waals surface area contributed by atoms with Gasteiger partial charge in [0.2, 0.25) is 0 Å². The van der Waals surface area contributed by atoms with Gasteiger partial charge >= 0.3 is 0 Å². The van der Waals surface area contributed by atoms with Gasteiger partial charge in [-0.25, -0.2) is 4.98 Å². The second kappa shape index (κ2) is 4.68. The van der Waals surface area contributed by atoms with Crippen molar-refractivity contribution in [3.63, 3.8) is 0 Å². The fourth-order valence-electron chi connectivity index (χ4n) is 2.16. The molecule has 2 rings (SSSR count). The summed E-state index contributed by atoms with van der Waals surface area (Å²) in [6.45, 7) is 4.38. The second-order valence-electron chi connectivity index (χ2n) is 4.25. The summed E-state index contributed by atoms with van der Waals surface area (Å²) in [5.74, 6) is 0.981. The van der Waals surface area contributed by atoms with E-state index in [9.17, 15) is 5.11 Å². The van der Waals surface area contributed by atoms with E-state index in [-0.39, 0.29) is 6.61 Å². The summed E-state index contributed by atoms with van der Waals surface area (Å²) < 4.78 is 0. The Hall–Kier alpha value is -0.320. The summed E-state index contributed by atoms with van der Waals surface area (Å²) in [6, 6.07) is 0. The van der Waals surface area contributed by atoms with E-state index >= 15 is 0 Å². The van der Waals surface area contributed by atoms with Crippen molar-refractivity contribution in [2.75, 3.05) is 24.6 Å². The number of aromatic nitrogens is 1. The third-order valence-electron chi connectivity index (χ3n) is 2.74. The Morgan fingerprint density at radius 2 is 2.47 bits per heavy atom. The van der Waals surface area contributed by atoms with Gasteiger partial charge in [-0.05, 0) is 18.3 Å². The number of nitrogens with zero attached hydrogens (tertiary/aromatic N) is 2. The van der Waals surface area contributed by atoms with Crippen LogP contribution in [0, 0.1) is 11.8 Å². The lowest BCUT2D eigenvalue weighted by Gasteiger charge is -2.35. The predicted octanol–water partition coefficient (Wildman–Crippen LogP) is 2.25. The van der Waals surface area contributed by atoms with Crippen LogP contribution in [0.5, 0.6) is 0 Å². The second-order valence-corrected chi connectivity index (χ2v) is 5.47. The van der Waals surface area contributed by atoms with Crippen molar-refractivity contribution in [1.82, 2.24) is 4.98 Å². The van der Waals surface area contributed by atoms with Crippen LogP contribution in [-0.2, 0) is 0 Å². The Balaban J connectivity index is 2.08. The molecule has 1 fully saturated rings. The zero-order valence-electron chi connectivity index (χ0n) is 8.69. The van der Waals surface area contributed by atoms with Crippen molar-refractivity contribution in [2.24, 2.45) is 11.8 Å². The van der Waals surface area contributed by atoms with Gasteiger partial charge in [0.25, 0.3) is 0 Å². The molecule has 84 valence electrons. The minimum absolute atomic E-state index is 0.264. The van der Waals surface area contributed by atoms with Gasteiger partial charge in [0.05, 0.1) is 0 Å². The maximum atomic E-state index is 9.21. The minimum atomic E-state index is 0.264. The van der Waals surface area contributed by atoms with E-state index in [1.807, 2.05) is 5.38 Å². The molecule has 2 atom stereocenters. The number of thiazole rings is 1. The van der Waals surface area contributed by atoms with Crippen LogP contribution in [0.1, 0.15) is 13.3 Å². The van der Waals surface area contributed by atoms with Gasteiger partial charge in [-0.3, -0.25) is 0 Å². The van der Waals surface area contributed by atoms with Gasteiger partial charge in [0, 0.05) is 25.1 Å². The summed E-state index contributed by atoms with van der Waals surface area (Å²) in [7, 11) is 0. The van der Waals surface area contributed by atoms with Crippen molar-refractivity contribution in [3.05, 3.63) is 10.5 Å². The third kappa shape index (κ3) is 2.62. The Bertz CT molecular complexity index is 331. The molecule has 1 N–H and O–H groups in total. The third-order valence-corrected chi connectivity index (χ3v) is 3.96. The van der Waals surface area contributed by atoms with Crippen LogP contribution in [0.4, 0.5) is 5.13 Å². The highest BCUT2D eigenvalue weighted by molar-refractivity contribution is 7.14. The van der Waals surface area contributed by atoms with E-state index in [4.69, 9.17) is 11.6 Å². The van der Waals surface area contributed by atoms with Crippen LogP contribution in [0.25, 0.3) is 0 Å². The van der Waals surface area contributed by atoms with Crippen molar-refractivity contribution in [3.8, 4) is 0 Å². The Labute approximate surface area is 98.7 Å². The lowest BCUT2D eigenvalue weighted by molar-refractivity contribution is 0.189. The van der Waals surface area contributed by atoms with Gasteiger partial charge in [0.15, 0.2) is 5.13 Å². The predicted molar refractivity (Wildman–Crippen MR) is 63.7 cm³/mol. The number of rotatable bonds is 2. The zero-order chi connectivity index (χ0) is 10.8. The maximum Gasteiger partial charge on any atom is 0.186 e. The molecule has 15 heavy (non-hydrogen) atoms. The van der Waals surface area contributed by atoms with Crippen LogP contribution in [0.15, 0.2) is 5.38 Å². The van der Waals surface area contributed by atoms with E-state index in [0.29, 0.717) is 17.0 Å². The molecule has 3 nitrogen and oxygen atoms in total. The minimum Gasteiger partial charge on any atom is -0.396 e. The van der Waals surface area contributed by atoms with Gasteiger partial charge < -0.3 is 10.0 Å². The Morgan fingerprint density at radius 3 is 3.07 bits per heavy atom. The fourth-order valence-corrected chi connectivity index (χ4v) is 3.13. The first-order valence-electron chi connectivity index (χ1n) is 5.16. The molecular weight excluding hydrogens is 232 g/mol. The number of halogens is 1. The normalized spacial score (nSPS) is 27.0. The smallest absolute Gasteiger partial charge is 0.186 e. The molecule has 0 spiro atoms. The molecule has 0 aromatic carbocycles. The summed E-state index contributed by atoms with van der Waals surface area (Å²) in [5.41, 5.74) is 0. The highest BCUT2D eigenvalue weighted by Crippen LogP contribution is 2.29. The molecule has 0 radical (unpaired) electrons. The molecule has 0 aliphatic carbocycles. The number of anilines is 1. The first-order chi connectivity index (χ1) is 7.19. The van der Waals surface area contributed by atoms with E-state index < -0.39 is 0 Å². The quantitative estimate of drug-likeness (QED) is 0.870. The molecule has 2 unspecified atom stereocenters. The van der Waals surface area contributed by atoms with Gasteiger partial charge in [0.1, 0.15) is 5.15 Å². The molecule has 1 aliphatic heterocycles. The van der Waals surface area contributed by atoms with Gasteiger partial charge in [-0.1, -0.05) is 18.5 Å². The lowest BCUT2D eigenvalue weighted by atomic mass is 9.91. The highest BCUT2D eigenvalue weighted by Gasteiger charge is 2.25. The molecule has 1 aromatic heterocycles. The number of piperidine rings is 1. The van der Waals surface area contributed by atoms with E-state index in [1.165, 1.54) is 0 Å². The summed E-state index contributed by atoms with van der Waals surface area (Å²) in [5, 5.41) is 12.6. The molecule has 2 heterocycles. The van der Waals surface area contributed by atoms with Crippen LogP contribution in [0.3, 0.4) is 0 Å². The number of hydrogen-bond donors (Lipinski definition) is 1. The molecule has 0 bridgehead atoms. The Kier molecular flexibility index (Phi) is 3.49. The standard InChI is InChI=1S/C10H15ClN2OS/c1-7-2-8(5-14)4-13(3-7)10-12-9(11)6-15-10/h6-8,14H,2-5H2,1H3. The lowest BCUT2D eigenvalue weighted by Crippen LogP contribution is -2.40. The molecule has 1 aromatic rings. The van der Waals surface area contributed by atoms with Crippen LogP contribution in [0.2, 0.25) is 5.15 Å². The van der Waals surface area contributed by atoms with Gasteiger partial charge in [-0.15, -0.1) is 11.3 Å². The first kappa shape index (κ1) is 11.2. The van der Waals surface area contributed by atoms with Crippen molar-refractivity contribution >= 4 is 28.1 Å². The zero-order valence-corrected chi connectivity index (χ0v) is 10.3. The molecule has 5 heteroatoms. The SMILES string of the molecule is CC1CC(CO)CN(c2nc(Cl)cs2)C1. The molecule has 0 saturated carbocycles. The average molecular weight is 247 g/mol. The van der Waals surface area contributed by atoms with Crippen LogP contribution < -0.4 is 4.90 Å². The van der Waals surface area contributed by atoms with Gasteiger partial charge in [-0.2, -0.15) is 0 Å². The monoisotopic (exact) mass is 246 g/mol. The fraction of sp³-hybridized carbons (Fsp3) is 0.700. The summed E-state index contributed by atoms with van der Waals surface area (Å²) in [4.78, 5) is 6.49. The maximum absolute atomic E-state index is 9.21. The largest absolute Gasteiger partial charge is 0.396 e.